The number of benzene rings is 1. The van der Waals surface area contributed by atoms with Crippen LogP contribution in [0.15, 0.2) is 58.2 Å². The van der Waals surface area contributed by atoms with Gasteiger partial charge in [-0.05, 0) is 47.1 Å². The lowest BCUT2D eigenvalue weighted by molar-refractivity contribution is 0.0954. The van der Waals surface area contributed by atoms with Crippen LogP contribution < -0.4 is 5.43 Å². The molecule has 0 atom stereocenters. The average Bonchev–Trinajstić information content (AvgIpc) is 2.46. The van der Waals surface area contributed by atoms with Crippen LogP contribution in [0.4, 0.5) is 0 Å². The fourth-order valence-corrected chi connectivity index (χ4v) is 1.94. The first-order chi connectivity index (χ1) is 9.18. The molecule has 4 nitrogen and oxygen atoms in total. The van der Waals surface area contributed by atoms with E-state index < -0.39 is 0 Å². The van der Waals surface area contributed by atoms with Crippen molar-refractivity contribution >= 4 is 27.5 Å². The third-order valence-corrected chi connectivity index (χ3v) is 3.17. The summed E-state index contributed by atoms with van der Waals surface area (Å²) in [5, 5.41) is 4.05. The van der Waals surface area contributed by atoms with E-state index in [2.05, 4.69) is 31.4 Å². The number of hydrogen-bond acceptors (Lipinski definition) is 3. The van der Waals surface area contributed by atoms with E-state index in [0.717, 1.165) is 10.2 Å². The molecule has 2 aromatic rings. The van der Waals surface area contributed by atoms with E-state index >= 15 is 0 Å². The van der Waals surface area contributed by atoms with Crippen LogP contribution in [-0.4, -0.2) is 16.6 Å². The summed E-state index contributed by atoms with van der Waals surface area (Å²) in [4.78, 5) is 16.1. The van der Waals surface area contributed by atoms with E-state index in [1.807, 2.05) is 30.3 Å². The summed E-state index contributed by atoms with van der Waals surface area (Å²) < 4.78 is 0.734. The fourth-order valence-electron chi connectivity index (χ4n) is 1.47. The molecule has 0 unspecified atom stereocenters. The van der Waals surface area contributed by atoms with Crippen molar-refractivity contribution in [3.63, 3.8) is 0 Å². The van der Waals surface area contributed by atoms with E-state index in [0.29, 0.717) is 11.3 Å². The van der Waals surface area contributed by atoms with Crippen LogP contribution in [0.2, 0.25) is 0 Å². The molecule has 1 amide bonds. The zero-order valence-electron chi connectivity index (χ0n) is 10.3. The maximum absolute atomic E-state index is 11.9. The first-order valence-corrected chi connectivity index (χ1v) is 6.48. The zero-order chi connectivity index (χ0) is 13.7. The summed E-state index contributed by atoms with van der Waals surface area (Å²) in [6, 6.07) is 12.7. The highest BCUT2D eigenvalue weighted by Gasteiger charge is 2.08. The number of nitrogens with one attached hydrogen (secondary N) is 1. The van der Waals surface area contributed by atoms with Crippen LogP contribution in [0.1, 0.15) is 23.0 Å². The fraction of sp³-hybridized carbons (Fsp3) is 0.0714. The Morgan fingerprint density at radius 3 is 2.63 bits per heavy atom. The second-order valence-corrected chi connectivity index (χ2v) is 4.69. The van der Waals surface area contributed by atoms with E-state index in [-0.39, 0.29) is 5.91 Å². The smallest absolute Gasteiger partial charge is 0.267 e. The number of hydrogen-bond donors (Lipinski definition) is 1. The van der Waals surface area contributed by atoms with Crippen molar-refractivity contribution in [2.24, 2.45) is 5.10 Å². The van der Waals surface area contributed by atoms with E-state index in [9.17, 15) is 4.79 Å². The minimum atomic E-state index is -0.261. The lowest BCUT2D eigenvalue weighted by atomic mass is 10.2. The number of hydrazone groups is 1. The highest BCUT2D eigenvalue weighted by molar-refractivity contribution is 9.10. The third kappa shape index (κ3) is 3.48. The lowest BCUT2D eigenvalue weighted by Crippen LogP contribution is -2.20. The normalized spacial score (nSPS) is 11.2. The molecule has 0 bridgehead atoms. The number of halogens is 1. The number of carbonyl (C=O) groups excluding carboxylic acids is 1. The first-order valence-electron chi connectivity index (χ1n) is 5.69. The second-order valence-electron chi connectivity index (χ2n) is 3.83. The van der Waals surface area contributed by atoms with E-state index in [1.165, 1.54) is 0 Å². The van der Waals surface area contributed by atoms with Gasteiger partial charge in [-0.1, -0.05) is 18.2 Å². The lowest BCUT2D eigenvalue weighted by Gasteiger charge is -2.03. The summed E-state index contributed by atoms with van der Waals surface area (Å²) in [6.07, 6.45) is 1.68. The third-order valence-electron chi connectivity index (χ3n) is 2.48. The number of aromatic nitrogens is 1. The van der Waals surface area contributed by atoms with Gasteiger partial charge in [0.05, 0.1) is 17.0 Å². The van der Waals surface area contributed by atoms with Crippen LogP contribution in [0.3, 0.4) is 0 Å². The van der Waals surface area contributed by atoms with Gasteiger partial charge in [-0.25, -0.2) is 5.43 Å². The number of pyridine rings is 1. The molecule has 5 heteroatoms. The van der Waals surface area contributed by atoms with Gasteiger partial charge in [0.15, 0.2) is 0 Å². The molecule has 2 rings (SSSR count). The Kier molecular flexibility index (Phi) is 4.41. The predicted molar refractivity (Wildman–Crippen MR) is 78.1 cm³/mol. The number of nitrogens with zero attached hydrogens (tertiary/aromatic N) is 2. The van der Waals surface area contributed by atoms with Gasteiger partial charge in [-0.15, -0.1) is 0 Å². The molecule has 0 aliphatic heterocycles. The zero-order valence-corrected chi connectivity index (χ0v) is 11.9. The molecule has 1 N–H and O–H groups in total. The molecule has 0 spiro atoms. The molecule has 96 valence electrons. The number of carbonyl (C=O) groups is 1. The summed E-state index contributed by atoms with van der Waals surface area (Å²) in [5.74, 6) is -0.261. The maximum Gasteiger partial charge on any atom is 0.272 e. The van der Waals surface area contributed by atoms with Crippen molar-refractivity contribution in [1.29, 1.82) is 0 Å². The van der Waals surface area contributed by atoms with Crippen molar-refractivity contribution in [2.75, 3.05) is 0 Å². The second kappa shape index (κ2) is 6.24. The van der Waals surface area contributed by atoms with Crippen molar-refractivity contribution in [2.45, 2.75) is 6.92 Å². The molecule has 1 heterocycles. The molecule has 0 radical (unpaired) electrons. The van der Waals surface area contributed by atoms with Crippen molar-refractivity contribution < 1.29 is 4.79 Å². The van der Waals surface area contributed by atoms with Gasteiger partial charge in [0, 0.05) is 10.7 Å². The van der Waals surface area contributed by atoms with Crippen molar-refractivity contribution in [3.8, 4) is 0 Å². The van der Waals surface area contributed by atoms with Crippen molar-refractivity contribution in [3.05, 3.63) is 64.4 Å². The van der Waals surface area contributed by atoms with E-state index in [4.69, 9.17) is 0 Å². The Balaban J connectivity index is 2.11. The van der Waals surface area contributed by atoms with Gasteiger partial charge in [0.2, 0.25) is 0 Å². The number of amides is 1. The first kappa shape index (κ1) is 13.4. The van der Waals surface area contributed by atoms with Gasteiger partial charge < -0.3 is 0 Å². The molecule has 0 aliphatic rings. The molecule has 0 aliphatic carbocycles. The SMILES string of the molecule is C/C(=N/NC(=O)c1ccccc1Br)c1ccccn1. The largest absolute Gasteiger partial charge is 0.272 e. The minimum Gasteiger partial charge on any atom is -0.267 e. The maximum atomic E-state index is 11.9. The molecule has 0 saturated carbocycles. The van der Waals surface area contributed by atoms with Crippen molar-refractivity contribution in [1.82, 2.24) is 10.4 Å². The summed E-state index contributed by atoms with van der Waals surface area (Å²) >= 11 is 3.33. The molecule has 0 fully saturated rings. The Bertz CT molecular complexity index is 611. The van der Waals surface area contributed by atoms with Gasteiger partial charge in [0.1, 0.15) is 0 Å². The molecule has 1 aromatic heterocycles. The van der Waals surface area contributed by atoms with Gasteiger partial charge >= 0.3 is 0 Å². The van der Waals surface area contributed by atoms with Gasteiger partial charge in [-0.3, -0.25) is 9.78 Å². The minimum absolute atomic E-state index is 0.261. The quantitative estimate of drug-likeness (QED) is 0.699. The Morgan fingerprint density at radius 2 is 1.95 bits per heavy atom. The predicted octanol–water partition coefficient (Wildman–Crippen LogP) is 3.00. The van der Waals surface area contributed by atoms with Crippen LogP contribution >= 0.6 is 15.9 Å². The standard InChI is InChI=1S/C14H12BrN3O/c1-10(13-8-4-5-9-16-13)17-18-14(19)11-6-2-3-7-12(11)15/h2-9H,1H3,(H,18,19)/b17-10-. The molecule has 19 heavy (non-hydrogen) atoms. The Labute approximate surface area is 119 Å². The Hall–Kier alpha value is -2.01. The molecular formula is C14H12BrN3O. The van der Waals surface area contributed by atoms with Crippen LogP contribution in [0.5, 0.6) is 0 Å². The summed E-state index contributed by atoms with van der Waals surface area (Å²) in [7, 11) is 0. The topological polar surface area (TPSA) is 54.4 Å². The average molecular weight is 318 g/mol. The van der Waals surface area contributed by atoms with Gasteiger partial charge in [-0.2, -0.15) is 5.10 Å². The molecule has 0 saturated heterocycles. The molecule has 1 aromatic carbocycles. The van der Waals surface area contributed by atoms with Crippen LogP contribution in [0, 0.1) is 0 Å². The van der Waals surface area contributed by atoms with Crippen LogP contribution in [0.25, 0.3) is 0 Å². The highest BCUT2D eigenvalue weighted by atomic mass is 79.9. The summed E-state index contributed by atoms with van der Waals surface area (Å²) in [6.45, 7) is 1.79. The van der Waals surface area contributed by atoms with Crippen LogP contribution in [-0.2, 0) is 0 Å². The molecular weight excluding hydrogens is 306 g/mol. The Morgan fingerprint density at radius 1 is 1.21 bits per heavy atom. The monoisotopic (exact) mass is 317 g/mol. The highest BCUT2D eigenvalue weighted by Crippen LogP contribution is 2.15. The number of rotatable bonds is 3. The van der Waals surface area contributed by atoms with Gasteiger partial charge in [0.25, 0.3) is 5.91 Å². The summed E-state index contributed by atoms with van der Waals surface area (Å²) in [5.41, 5.74) is 4.44. The van der Waals surface area contributed by atoms with E-state index in [1.54, 1.807) is 25.3 Å².